The zero-order chi connectivity index (χ0) is 17.2. The fourth-order valence-corrected chi connectivity index (χ4v) is 2.26. The summed E-state index contributed by atoms with van der Waals surface area (Å²) in [6.07, 6.45) is 4.41. The molecule has 1 atom stereocenters. The van der Waals surface area contributed by atoms with Gasteiger partial charge in [0.25, 0.3) is 5.91 Å². The second kappa shape index (κ2) is 10.1. The van der Waals surface area contributed by atoms with E-state index in [1.807, 2.05) is 0 Å². The molecular weight excluding hydrogens is 316 g/mol. The van der Waals surface area contributed by atoms with Crippen molar-refractivity contribution >= 4 is 29.2 Å². The molecule has 0 spiro atoms. The summed E-state index contributed by atoms with van der Waals surface area (Å²) in [4.78, 5) is 23.6. The molecule has 0 aliphatic rings. The van der Waals surface area contributed by atoms with Gasteiger partial charge in [-0.25, -0.2) is 4.79 Å². The zero-order valence-corrected chi connectivity index (χ0v) is 14.5. The molecule has 0 aliphatic carbocycles. The number of esters is 1. The van der Waals surface area contributed by atoms with E-state index in [0.29, 0.717) is 23.2 Å². The van der Waals surface area contributed by atoms with Gasteiger partial charge in [-0.15, -0.1) is 0 Å². The molecule has 23 heavy (non-hydrogen) atoms. The number of carbonyl (C=O) groups is 2. The highest BCUT2D eigenvalue weighted by molar-refractivity contribution is 6.33. The minimum atomic E-state index is -0.596. The number of unbranched alkanes of at least 4 members (excludes halogenated alkanes) is 1. The molecule has 0 saturated heterocycles. The summed E-state index contributed by atoms with van der Waals surface area (Å²) in [7, 11) is 0. The third-order valence-electron chi connectivity index (χ3n) is 3.70. The lowest BCUT2D eigenvalue weighted by Crippen LogP contribution is -2.32. The van der Waals surface area contributed by atoms with E-state index in [1.54, 1.807) is 0 Å². The molecule has 0 radical (unpaired) electrons. The van der Waals surface area contributed by atoms with Crippen LogP contribution in [0, 0.1) is 5.92 Å². The smallest absolute Gasteiger partial charge is 0.338 e. The first-order valence-corrected chi connectivity index (χ1v) is 8.34. The Morgan fingerprint density at radius 3 is 2.70 bits per heavy atom. The van der Waals surface area contributed by atoms with Crippen molar-refractivity contribution in [2.24, 2.45) is 5.92 Å². The van der Waals surface area contributed by atoms with Crippen molar-refractivity contribution in [2.45, 2.75) is 39.5 Å². The van der Waals surface area contributed by atoms with E-state index in [0.717, 1.165) is 25.7 Å². The van der Waals surface area contributed by atoms with Crippen LogP contribution in [0.25, 0.3) is 0 Å². The Labute approximate surface area is 142 Å². The van der Waals surface area contributed by atoms with Crippen molar-refractivity contribution in [3.05, 3.63) is 28.8 Å². The van der Waals surface area contributed by atoms with Crippen LogP contribution in [0.1, 0.15) is 49.9 Å². The number of benzene rings is 1. The Balaban J connectivity index is 2.37. The van der Waals surface area contributed by atoms with Gasteiger partial charge in [0.2, 0.25) is 0 Å². The number of rotatable bonds is 9. The molecule has 1 aromatic carbocycles. The van der Waals surface area contributed by atoms with Gasteiger partial charge in [0.05, 0.1) is 16.3 Å². The summed E-state index contributed by atoms with van der Waals surface area (Å²) in [5, 5.41) is 3.18. The first kappa shape index (κ1) is 19.3. The van der Waals surface area contributed by atoms with Crippen LogP contribution in [0.2, 0.25) is 5.02 Å². The van der Waals surface area contributed by atoms with E-state index < -0.39 is 5.97 Å². The second-order valence-electron chi connectivity index (χ2n) is 5.53. The third kappa shape index (κ3) is 6.91. The number of halogens is 1. The van der Waals surface area contributed by atoms with Gasteiger partial charge in [-0.05, 0) is 30.5 Å². The highest BCUT2D eigenvalue weighted by Gasteiger charge is 2.13. The Hall–Kier alpha value is -1.75. The quantitative estimate of drug-likeness (QED) is 0.533. The van der Waals surface area contributed by atoms with Gasteiger partial charge < -0.3 is 15.8 Å². The van der Waals surface area contributed by atoms with Crippen LogP contribution in [0.3, 0.4) is 0 Å². The van der Waals surface area contributed by atoms with Gasteiger partial charge in [-0.1, -0.05) is 44.7 Å². The Kier molecular flexibility index (Phi) is 8.48. The Bertz CT molecular complexity index is 535. The first-order valence-electron chi connectivity index (χ1n) is 7.96. The van der Waals surface area contributed by atoms with E-state index in [-0.39, 0.29) is 18.1 Å². The molecular formula is C17H25ClN2O3. The van der Waals surface area contributed by atoms with Crippen LogP contribution >= 0.6 is 11.6 Å². The van der Waals surface area contributed by atoms with Crippen LogP contribution in [0.5, 0.6) is 0 Å². The predicted molar refractivity (Wildman–Crippen MR) is 92.5 cm³/mol. The summed E-state index contributed by atoms with van der Waals surface area (Å²) >= 11 is 5.79. The standard InChI is InChI=1S/C17H25ClN2O3/c1-3-5-6-12(4-2)10-20-16(21)11-23-17(22)13-7-8-14(18)15(19)9-13/h7-9,12H,3-6,10-11,19H2,1-2H3,(H,20,21)/t12-/m0/s1. The van der Waals surface area contributed by atoms with Crippen molar-refractivity contribution < 1.29 is 14.3 Å². The molecule has 0 saturated carbocycles. The Morgan fingerprint density at radius 2 is 2.09 bits per heavy atom. The summed E-state index contributed by atoms with van der Waals surface area (Å²) in [5.74, 6) is -0.428. The molecule has 6 heteroatoms. The van der Waals surface area contributed by atoms with Gasteiger partial charge in [0.15, 0.2) is 6.61 Å². The maximum Gasteiger partial charge on any atom is 0.338 e. The average molecular weight is 341 g/mol. The number of ether oxygens (including phenoxy) is 1. The second-order valence-corrected chi connectivity index (χ2v) is 5.94. The molecule has 5 nitrogen and oxygen atoms in total. The molecule has 0 fully saturated rings. The molecule has 0 unspecified atom stereocenters. The molecule has 0 heterocycles. The topological polar surface area (TPSA) is 81.4 Å². The molecule has 3 N–H and O–H groups in total. The van der Waals surface area contributed by atoms with Crippen molar-refractivity contribution in [1.29, 1.82) is 0 Å². The van der Waals surface area contributed by atoms with Crippen LogP contribution in [0.4, 0.5) is 5.69 Å². The summed E-state index contributed by atoms with van der Waals surface area (Å²) in [6.45, 7) is 4.57. The number of amides is 1. The molecule has 1 rings (SSSR count). The fourth-order valence-electron chi connectivity index (χ4n) is 2.14. The highest BCUT2D eigenvalue weighted by atomic mass is 35.5. The minimum absolute atomic E-state index is 0.272. The predicted octanol–water partition coefficient (Wildman–Crippen LogP) is 3.41. The molecule has 1 amide bonds. The number of hydrogen-bond donors (Lipinski definition) is 2. The normalized spacial score (nSPS) is 11.8. The van der Waals surface area contributed by atoms with Crippen LogP contribution in [-0.4, -0.2) is 25.0 Å². The van der Waals surface area contributed by atoms with Crippen molar-refractivity contribution in [3.8, 4) is 0 Å². The first-order chi connectivity index (χ1) is 11.0. The van der Waals surface area contributed by atoms with E-state index in [4.69, 9.17) is 22.1 Å². The number of nitrogen functional groups attached to an aromatic ring is 1. The maximum atomic E-state index is 11.8. The summed E-state index contributed by atoms with van der Waals surface area (Å²) in [6, 6.07) is 4.46. The van der Waals surface area contributed by atoms with Crippen LogP contribution in [0.15, 0.2) is 18.2 Å². The lowest BCUT2D eigenvalue weighted by Gasteiger charge is -2.15. The fraction of sp³-hybridized carbons (Fsp3) is 0.529. The summed E-state index contributed by atoms with van der Waals surface area (Å²) < 4.78 is 4.98. The number of hydrogen-bond acceptors (Lipinski definition) is 4. The number of carbonyl (C=O) groups excluding carboxylic acids is 2. The number of anilines is 1. The maximum absolute atomic E-state index is 11.8. The molecule has 128 valence electrons. The molecule has 1 aromatic rings. The van der Waals surface area contributed by atoms with Gasteiger partial charge in [-0.2, -0.15) is 0 Å². The summed E-state index contributed by atoms with van der Waals surface area (Å²) in [5.41, 5.74) is 6.20. The monoisotopic (exact) mass is 340 g/mol. The highest BCUT2D eigenvalue weighted by Crippen LogP contribution is 2.19. The lowest BCUT2D eigenvalue weighted by atomic mass is 9.99. The van der Waals surface area contributed by atoms with E-state index >= 15 is 0 Å². The molecule has 0 bridgehead atoms. The lowest BCUT2D eigenvalue weighted by molar-refractivity contribution is -0.124. The largest absolute Gasteiger partial charge is 0.452 e. The van der Waals surface area contributed by atoms with Crippen molar-refractivity contribution in [1.82, 2.24) is 5.32 Å². The van der Waals surface area contributed by atoms with E-state index in [1.165, 1.54) is 18.2 Å². The van der Waals surface area contributed by atoms with E-state index in [9.17, 15) is 9.59 Å². The van der Waals surface area contributed by atoms with Gasteiger partial charge in [0, 0.05) is 6.54 Å². The average Bonchev–Trinajstić information content (AvgIpc) is 2.55. The van der Waals surface area contributed by atoms with Gasteiger partial charge in [-0.3, -0.25) is 4.79 Å². The van der Waals surface area contributed by atoms with Gasteiger partial charge in [0.1, 0.15) is 0 Å². The van der Waals surface area contributed by atoms with E-state index in [2.05, 4.69) is 19.2 Å². The molecule has 0 aliphatic heterocycles. The zero-order valence-electron chi connectivity index (χ0n) is 13.7. The molecule has 0 aromatic heterocycles. The SMILES string of the molecule is CCCC[C@H](CC)CNC(=O)COC(=O)c1ccc(Cl)c(N)c1. The number of nitrogens with one attached hydrogen (secondary N) is 1. The number of nitrogens with two attached hydrogens (primary N) is 1. The third-order valence-corrected chi connectivity index (χ3v) is 4.04. The van der Waals surface area contributed by atoms with Crippen LogP contribution < -0.4 is 11.1 Å². The van der Waals surface area contributed by atoms with Crippen molar-refractivity contribution in [3.63, 3.8) is 0 Å². The Morgan fingerprint density at radius 1 is 1.35 bits per heavy atom. The minimum Gasteiger partial charge on any atom is -0.452 e. The van der Waals surface area contributed by atoms with Crippen LogP contribution in [-0.2, 0) is 9.53 Å². The van der Waals surface area contributed by atoms with Gasteiger partial charge >= 0.3 is 5.97 Å². The van der Waals surface area contributed by atoms with Crippen molar-refractivity contribution in [2.75, 3.05) is 18.9 Å².